The van der Waals surface area contributed by atoms with Crippen LogP contribution in [0.2, 0.25) is 0 Å². The second-order valence-electron chi connectivity index (χ2n) is 8.07. The second-order valence-corrected chi connectivity index (χ2v) is 8.07. The largest absolute Gasteiger partial charge is 0.496 e. The predicted molar refractivity (Wildman–Crippen MR) is 124 cm³/mol. The number of amides is 1. The van der Waals surface area contributed by atoms with Crippen LogP contribution in [0.5, 0.6) is 5.75 Å². The summed E-state index contributed by atoms with van der Waals surface area (Å²) < 4.78 is 11.7. The van der Waals surface area contributed by atoms with Gasteiger partial charge in [-0.2, -0.15) is 0 Å². The molecule has 30 heavy (non-hydrogen) atoms. The minimum absolute atomic E-state index is 0.0940. The van der Waals surface area contributed by atoms with E-state index in [1.807, 2.05) is 27.0 Å². The smallest absolute Gasteiger partial charge is 0.244 e. The number of allylic oxidation sites excluding steroid dienone is 1. The summed E-state index contributed by atoms with van der Waals surface area (Å²) in [6, 6.07) is 8.63. The molecule has 1 heterocycles. The molecule has 1 aromatic heterocycles. The maximum absolute atomic E-state index is 12.4. The van der Waals surface area contributed by atoms with E-state index >= 15 is 0 Å². The van der Waals surface area contributed by atoms with Crippen molar-refractivity contribution >= 4 is 22.4 Å². The molecular formula is C26H31NO3. The number of aryl methyl sites for hydroxylation is 3. The molecule has 0 aliphatic carbocycles. The molecule has 158 valence electrons. The number of rotatable bonds is 6. The third-order valence-electron chi connectivity index (χ3n) is 5.69. The first kappa shape index (κ1) is 21.7. The van der Waals surface area contributed by atoms with E-state index < -0.39 is 0 Å². The summed E-state index contributed by atoms with van der Waals surface area (Å²) in [5.41, 5.74) is 8.11. The molecule has 4 nitrogen and oxygen atoms in total. The second kappa shape index (κ2) is 8.78. The van der Waals surface area contributed by atoms with Crippen molar-refractivity contribution in [2.24, 2.45) is 0 Å². The molecule has 3 aromatic rings. The van der Waals surface area contributed by atoms with Gasteiger partial charge in [0.15, 0.2) is 0 Å². The van der Waals surface area contributed by atoms with Crippen LogP contribution in [0.25, 0.3) is 27.7 Å². The number of fused-ring (bicyclic) bond motifs is 1. The van der Waals surface area contributed by atoms with Crippen LogP contribution >= 0.6 is 0 Å². The van der Waals surface area contributed by atoms with Crippen LogP contribution in [0.15, 0.2) is 41.0 Å². The monoisotopic (exact) mass is 405 g/mol. The molecule has 0 fully saturated rings. The number of nitrogens with one attached hydrogen (secondary N) is 1. The van der Waals surface area contributed by atoms with Crippen LogP contribution in [-0.2, 0) is 4.79 Å². The van der Waals surface area contributed by atoms with Gasteiger partial charge in [0, 0.05) is 34.2 Å². The van der Waals surface area contributed by atoms with Crippen molar-refractivity contribution in [1.82, 2.24) is 5.32 Å². The van der Waals surface area contributed by atoms with Crippen molar-refractivity contribution in [3.05, 3.63) is 58.9 Å². The summed E-state index contributed by atoms with van der Waals surface area (Å²) in [5, 5.41) is 4.01. The molecule has 1 atom stereocenters. The van der Waals surface area contributed by atoms with Crippen molar-refractivity contribution < 1.29 is 13.9 Å². The normalized spacial score (nSPS) is 12.8. The highest BCUT2D eigenvalue weighted by Crippen LogP contribution is 2.41. The molecule has 0 aliphatic rings. The summed E-state index contributed by atoms with van der Waals surface area (Å²) in [4.78, 5) is 12.4. The maximum Gasteiger partial charge on any atom is 0.244 e. The van der Waals surface area contributed by atoms with Crippen LogP contribution in [0.4, 0.5) is 0 Å². The van der Waals surface area contributed by atoms with Gasteiger partial charge in [0.1, 0.15) is 11.3 Å². The number of carbonyl (C=O) groups is 1. The van der Waals surface area contributed by atoms with Crippen molar-refractivity contribution in [1.29, 1.82) is 0 Å². The summed E-state index contributed by atoms with van der Waals surface area (Å²) in [6.07, 6.45) is 4.35. The highest BCUT2D eigenvalue weighted by Gasteiger charge is 2.19. The highest BCUT2D eigenvalue weighted by atomic mass is 16.5. The van der Waals surface area contributed by atoms with Gasteiger partial charge in [-0.25, -0.2) is 0 Å². The number of hydrogen-bond donors (Lipinski definition) is 1. The lowest BCUT2D eigenvalue weighted by molar-refractivity contribution is -0.117. The maximum atomic E-state index is 12.4. The lowest BCUT2D eigenvalue weighted by atomic mass is 9.94. The molecule has 0 radical (unpaired) electrons. The molecule has 0 saturated heterocycles. The lowest BCUT2D eigenvalue weighted by Gasteiger charge is -2.14. The van der Waals surface area contributed by atoms with E-state index in [4.69, 9.17) is 9.15 Å². The Morgan fingerprint density at radius 3 is 2.57 bits per heavy atom. The molecule has 2 aromatic carbocycles. The van der Waals surface area contributed by atoms with Gasteiger partial charge in [0.05, 0.1) is 13.4 Å². The topological polar surface area (TPSA) is 51.5 Å². The lowest BCUT2D eigenvalue weighted by Crippen LogP contribution is -2.30. The van der Waals surface area contributed by atoms with Gasteiger partial charge >= 0.3 is 0 Å². The molecule has 0 saturated carbocycles. The highest BCUT2D eigenvalue weighted by molar-refractivity contribution is 6.02. The van der Waals surface area contributed by atoms with Crippen molar-refractivity contribution in [3.63, 3.8) is 0 Å². The average Bonchev–Trinajstić information content (AvgIpc) is 3.11. The Bertz CT molecular complexity index is 1120. The SMILES string of the molecule is CCC(C)NC(=O)/C=C(\C)c1cc2c(-c3ccc(C)cc3C)coc2c(C)c1OC. The molecular weight excluding hydrogens is 374 g/mol. The van der Waals surface area contributed by atoms with E-state index in [1.165, 1.54) is 11.1 Å². The van der Waals surface area contributed by atoms with Crippen LogP contribution in [0, 0.1) is 20.8 Å². The minimum atomic E-state index is -0.0940. The molecule has 1 amide bonds. The molecule has 4 heteroatoms. The number of carbonyl (C=O) groups excluding carboxylic acids is 1. The van der Waals surface area contributed by atoms with Crippen LogP contribution in [0.1, 0.15) is 49.4 Å². The van der Waals surface area contributed by atoms with Gasteiger partial charge in [-0.05, 0) is 63.8 Å². The number of hydrogen-bond acceptors (Lipinski definition) is 3. The predicted octanol–water partition coefficient (Wildman–Crippen LogP) is 6.35. The Morgan fingerprint density at radius 1 is 1.20 bits per heavy atom. The average molecular weight is 406 g/mol. The Kier molecular flexibility index (Phi) is 6.35. The molecule has 1 unspecified atom stereocenters. The number of ether oxygens (including phenoxy) is 1. The zero-order chi connectivity index (χ0) is 22.0. The summed E-state index contributed by atoms with van der Waals surface area (Å²) >= 11 is 0. The number of methoxy groups -OCH3 is 1. The fourth-order valence-corrected chi connectivity index (χ4v) is 3.86. The van der Waals surface area contributed by atoms with E-state index in [1.54, 1.807) is 13.2 Å². The Balaban J connectivity index is 2.16. The van der Waals surface area contributed by atoms with Gasteiger partial charge in [-0.15, -0.1) is 0 Å². The van der Waals surface area contributed by atoms with Crippen molar-refractivity contribution in [2.45, 2.75) is 54.0 Å². The van der Waals surface area contributed by atoms with Crippen molar-refractivity contribution in [3.8, 4) is 16.9 Å². The quantitative estimate of drug-likeness (QED) is 0.486. The first-order valence-electron chi connectivity index (χ1n) is 10.4. The van der Waals surface area contributed by atoms with E-state index in [0.29, 0.717) is 0 Å². The zero-order valence-corrected chi connectivity index (χ0v) is 19.0. The fourth-order valence-electron chi connectivity index (χ4n) is 3.86. The standard InChI is InChI=1S/C26H31NO3/c1-8-18(5)27-24(28)12-17(4)21-13-22-23(20-10-9-15(2)11-16(20)3)14-30-26(22)19(6)25(21)29-7/h9-14,18H,8H2,1-7H3,(H,27,28)/b17-12+. The third-order valence-corrected chi connectivity index (χ3v) is 5.69. The molecule has 0 bridgehead atoms. The van der Waals surface area contributed by atoms with Gasteiger partial charge in [-0.1, -0.05) is 30.7 Å². The van der Waals surface area contributed by atoms with Crippen LogP contribution in [-0.4, -0.2) is 19.1 Å². The first-order valence-corrected chi connectivity index (χ1v) is 10.4. The Labute approximate surface area is 178 Å². The summed E-state index contributed by atoms with van der Waals surface area (Å²) in [5.74, 6) is 0.637. The van der Waals surface area contributed by atoms with E-state index in [0.717, 1.165) is 51.0 Å². The molecule has 3 rings (SSSR count). The Morgan fingerprint density at radius 2 is 1.93 bits per heavy atom. The van der Waals surface area contributed by atoms with Gasteiger partial charge in [0.2, 0.25) is 5.91 Å². The molecule has 1 N–H and O–H groups in total. The van der Waals surface area contributed by atoms with Crippen LogP contribution < -0.4 is 10.1 Å². The number of furan rings is 1. The first-order chi connectivity index (χ1) is 14.3. The molecule has 0 spiro atoms. The third kappa shape index (κ3) is 4.13. The summed E-state index contributed by atoms with van der Waals surface area (Å²) in [6.45, 7) is 12.2. The van der Waals surface area contributed by atoms with E-state index in [-0.39, 0.29) is 11.9 Å². The Hall–Kier alpha value is -3.01. The summed E-state index contributed by atoms with van der Waals surface area (Å²) in [7, 11) is 1.65. The van der Waals surface area contributed by atoms with Crippen molar-refractivity contribution in [2.75, 3.05) is 7.11 Å². The number of benzene rings is 2. The minimum Gasteiger partial charge on any atom is -0.496 e. The fraction of sp³-hybridized carbons (Fsp3) is 0.346. The zero-order valence-electron chi connectivity index (χ0n) is 19.0. The van der Waals surface area contributed by atoms with E-state index in [2.05, 4.69) is 50.4 Å². The van der Waals surface area contributed by atoms with E-state index in [9.17, 15) is 4.79 Å². The van der Waals surface area contributed by atoms with Gasteiger partial charge in [0.25, 0.3) is 0 Å². The van der Waals surface area contributed by atoms with Gasteiger partial charge < -0.3 is 14.5 Å². The van der Waals surface area contributed by atoms with Crippen LogP contribution in [0.3, 0.4) is 0 Å². The van der Waals surface area contributed by atoms with Gasteiger partial charge in [-0.3, -0.25) is 4.79 Å². The molecule has 0 aliphatic heterocycles.